The van der Waals surface area contributed by atoms with E-state index in [1.807, 2.05) is 37.3 Å². The Morgan fingerprint density at radius 3 is 2.75 bits per heavy atom. The number of ketones is 1. The highest BCUT2D eigenvalue weighted by Gasteiger charge is 2.26. The molecule has 1 aliphatic carbocycles. The molecular weight excluding hydrogens is 370 g/mol. The molecule has 0 amide bonds. The number of hydrogen-bond donors (Lipinski definition) is 2. The van der Waals surface area contributed by atoms with Crippen molar-refractivity contribution >= 4 is 29.2 Å². The molecular formula is C21H23N5OS. The predicted molar refractivity (Wildman–Crippen MR) is 110 cm³/mol. The molecule has 0 saturated carbocycles. The number of anilines is 2. The molecule has 4 rings (SSSR count). The summed E-state index contributed by atoms with van der Waals surface area (Å²) in [5, 5.41) is 11.3. The van der Waals surface area contributed by atoms with E-state index in [0.717, 1.165) is 51.5 Å². The number of Topliss-reactive ketones (excluding diaryl/α,β-unsaturated/α-hetero) is 1. The normalized spacial score (nSPS) is 15.5. The van der Waals surface area contributed by atoms with Gasteiger partial charge in [-0.1, -0.05) is 19.1 Å². The summed E-state index contributed by atoms with van der Waals surface area (Å²) >= 11 is 1.54. The van der Waals surface area contributed by atoms with Crippen molar-refractivity contribution in [2.75, 3.05) is 5.32 Å². The van der Waals surface area contributed by atoms with E-state index in [9.17, 15) is 4.79 Å². The van der Waals surface area contributed by atoms with Gasteiger partial charge in [0.25, 0.3) is 0 Å². The number of rotatable bonds is 6. The molecule has 0 saturated heterocycles. The molecule has 1 aliphatic rings. The smallest absolute Gasteiger partial charge is 0.194 e. The molecule has 7 heteroatoms. The Morgan fingerprint density at radius 1 is 1.29 bits per heavy atom. The van der Waals surface area contributed by atoms with Crippen LogP contribution in [0, 0.1) is 6.92 Å². The van der Waals surface area contributed by atoms with E-state index in [2.05, 4.69) is 22.4 Å². The van der Waals surface area contributed by atoms with Crippen LogP contribution >= 0.6 is 11.8 Å². The molecule has 0 radical (unpaired) electrons. The molecule has 0 aliphatic heterocycles. The minimum atomic E-state index is 0.167. The number of carbonyl (C=O) groups excluding carboxylic acids is 1. The summed E-state index contributed by atoms with van der Waals surface area (Å²) in [6, 6.07) is 9.99. The first kappa shape index (κ1) is 18.7. The van der Waals surface area contributed by atoms with Crippen molar-refractivity contribution in [2.45, 2.75) is 56.0 Å². The van der Waals surface area contributed by atoms with Gasteiger partial charge in [0, 0.05) is 28.6 Å². The third kappa shape index (κ3) is 4.09. The highest BCUT2D eigenvalue weighted by molar-refractivity contribution is 7.99. The molecule has 3 aromatic rings. The van der Waals surface area contributed by atoms with Gasteiger partial charge in [0.2, 0.25) is 0 Å². The summed E-state index contributed by atoms with van der Waals surface area (Å²) in [6.45, 7) is 5.80. The minimum absolute atomic E-state index is 0.167. The van der Waals surface area contributed by atoms with Gasteiger partial charge in [0.15, 0.2) is 11.0 Å². The number of H-pyrrole nitrogens is 1. The van der Waals surface area contributed by atoms with Crippen molar-refractivity contribution in [1.82, 2.24) is 20.2 Å². The van der Waals surface area contributed by atoms with Crippen LogP contribution in [0.5, 0.6) is 0 Å². The quantitative estimate of drug-likeness (QED) is 0.596. The standard InChI is InChI=1S/C21H23N5OS/c1-12-4-9-17-19(12)20(23-18-10-13(2)25-26-18)24-21(22-17)28-16-7-5-15(6-8-16)11-14(3)27/h5-8,10,12H,4,9,11H2,1-3H3,(H2,22,23,24,25,26). The Morgan fingerprint density at radius 2 is 2.07 bits per heavy atom. The summed E-state index contributed by atoms with van der Waals surface area (Å²) in [6.07, 6.45) is 2.53. The second kappa shape index (κ2) is 7.75. The van der Waals surface area contributed by atoms with Crippen LogP contribution in [0.2, 0.25) is 0 Å². The summed E-state index contributed by atoms with van der Waals surface area (Å²) in [5.41, 5.74) is 4.34. The zero-order valence-electron chi connectivity index (χ0n) is 16.2. The van der Waals surface area contributed by atoms with Crippen molar-refractivity contribution in [3.8, 4) is 0 Å². The fourth-order valence-corrected chi connectivity index (χ4v) is 4.29. The third-order valence-electron chi connectivity index (χ3n) is 4.85. The number of fused-ring (bicyclic) bond motifs is 1. The van der Waals surface area contributed by atoms with Crippen molar-refractivity contribution in [3.63, 3.8) is 0 Å². The molecule has 0 bridgehead atoms. The van der Waals surface area contributed by atoms with Crippen LogP contribution in [0.1, 0.15) is 48.7 Å². The number of nitrogens with zero attached hydrogens (tertiary/aromatic N) is 3. The number of aryl methyl sites for hydroxylation is 2. The van der Waals surface area contributed by atoms with Gasteiger partial charge in [-0.15, -0.1) is 0 Å². The summed E-state index contributed by atoms with van der Waals surface area (Å²) in [5.74, 6) is 2.21. The van der Waals surface area contributed by atoms with Crippen LogP contribution in [0.15, 0.2) is 40.4 Å². The first-order chi connectivity index (χ1) is 13.5. The van der Waals surface area contributed by atoms with E-state index >= 15 is 0 Å². The van der Waals surface area contributed by atoms with E-state index in [0.29, 0.717) is 12.3 Å². The lowest BCUT2D eigenvalue weighted by molar-refractivity contribution is -0.116. The highest BCUT2D eigenvalue weighted by atomic mass is 32.2. The lowest BCUT2D eigenvalue weighted by Crippen LogP contribution is -2.04. The van der Waals surface area contributed by atoms with Crippen LogP contribution in [0.25, 0.3) is 0 Å². The largest absolute Gasteiger partial charge is 0.323 e. The molecule has 0 spiro atoms. The SMILES string of the molecule is CC(=O)Cc1ccc(Sc2nc3c(c(Nc4cc(C)[nH]n4)n2)C(C)CC3)cc1. The third-order valence-corrected chi connectivity index (χ3v) is 5.72. The number of aromatic amines is 1. The maximum atomic E-state index is 11.3. The molecule has 2 aromatic heterocycles. The summed E-state index contributed by atoms with van der Waals surface area (Å²) < 4.78 is 0. The molecule has 144 valence electrons. The van der Waals surface area contributed by atoms with Gasteiger partial charge in [-0.25, -0.2) is 9.97 Å². The Labute approximate surface area is 168 Å². The molecule has 2 heterocycles. The number of nitrogens with one attached hydrogen (secondary N) is 2. The number of benzene rings is 1. The fraction of sp³-hybridized carbons (Fsp3) is 0.333. The first-order valence-corrected chi connectivity index (χ1v) is 10.3. The lowest BCUT2D eigenvalue weighted by atomic mass is 10.1. The summed E-state index contributed by atoms with van der Waals surface area (Å²) in [7, 11) is 0. The van der Waals surface area contributed by atoms with Gasteiger partial charge in [-0.3, -0.25) is 9.89 Å². The molecule has 1 unspecified atom stereocenters. The zero-order valence-corrected chi connectivity index (χ0v) is 17.1. The molecule has 6 nitrogen and oxygen atoms in total. The molecule has 0 fully saturated rings. The predicted octanol–water partition coefficient (Wildman–Crippen LogP) is 4.58. The van der Waals surface area contributed by atoms with E-state index < -0.39 is 0 Å². The Hall–Kier alpha value is -2.67. The van der Waals surface area contributed by atoms with Crippen LogP contribution in [0.4, 0.5) is 11.6 Å². The molecule has 28 heavy (non-hydrogen) atoms. The second-order valence-electron chi connectivity index (χ2n) is 7.34. The fourth-order valence-electron chi connectivity index (χ4n) is 3.51. The van der Waals surface area contributed by atoms with E-state index in [4.69, 9.17) is 9.97 Å². The highest BCUT2D eigenvalue weighted by Crippen LogP contribution is 2.39. The van der Waals surface area contributed by atoms with E-state index in [-0.39, 0.29) is 5.78 Å². The van der Waals surface area contributed by atoms with Gasteiger partial charge in [-0.05, 0) is 62.1 Å². The van der Waals surface area contributed by atoms with Gasteiger partial charge in [0.1, 0.15) is 11.6 Å². The maximum absolute atomic E-state index is 11.3. The topological polar surface area (TPSA) is 83.6 Å². The first-order valence-electron chi connectivity index (χ1n) is 9.44. The molecule has 1 aromatic carbocycles. The zero-order chi connectivity index (χ0) is 19.7. The van der Waals surface area contributed by atoms with Crippen molar-refractivity contribution in [2.24, 2.45) is 0 Å². The average molecular weight is 394 g/mol. The van der Waals surface area contributed by atoms with Gasteiger partial charge >= 0.3 is 0 Å². The van der Waals surface area contributed by atoms with Crippen LogP contribution in [-0.2, 0) is 17.6 Å². The van der Waals surface area contributed by atoms with Crippen molar-refractivity contribution < 1.29 is 4.79 Å². The molecule has 1 atom stereocenters. The Balaban J connectivity index is 1.61. The molecule has 2 N–H and O–H groups in total. The van der Waals surface area contributed by atoms with E-state index in [1.165, 1.54) is 17.3 Å². The average Bonchev–Trinajstić information content (AvgIpc) is 3.22. The maximum Gasteiger partial charge on any atom is 0.194 e. The Kier molecular flexibility index (Phi) is 5.17. The van der Waals surface area contributed by atoms with Crippen LogP contribution < -0.4 is 5.32 Å². The van der Waals surface area contributed by atoms with Crippen LogP contribution in [-0.4, -0.2) is 25.9 Å². The number of hydrogen-bond acceptors (Lipinski definition) is 6. The van der Waals surface area contributed by atoms with Gasteiger partial charge in [0.05, 0.1) is 5.69 Å². The van der Waals surface area contributed by atoms with Crippen molar-refractivity contribution in [1.29, 1.82) is 0 Å². The number of aromatic nitrogens is 4. The number of carbonyl (C=O) groups is 1. The van der Waals surface area contributed by atoms with E-state index in [1.54, 1.807) is 6.92 Å². The van der Waals surface area contributed by atoms with Crippen molar-refractivity contribution in [3.05, 3.63) is 52.8 Å². The van der Waals surface area contributed by atoms with Crippen LogP contribution in [0.3, 0.4) is 0 Å². The lowest BCUT2D eigenvalue weighted by Gasteiger charge is -2.13. The monoisotopic (exact) mass is 393 g/mol. The minimum Gasteiger partial charge on any atom is -0.323 e. The van der Waals surface area contributed by atoms with Gasteiger partial charge in [-0.2, -0.15) is 5.10 Å². The van der Waals surface area contributed by atoms with Gasteiger partial charge < -0.3 is 5.32 Å². The summed E-state index contributed by atoms with van der Waals surface area (Å²) in [4.78, 5) is 21.9. The Bertz CT molecular complexity index is 1010. The second-order valence-corrected chi connectivity index (χ2v) is 8.38.